The number of rotatable bonds is 9. The first kappa shape index (κ1) is 15.7. The van der Waals surface area contributed by atoms with Gasteiger partial charge in [0, 0.05) is 0 Å². The van der Waals surface area contributed by atoms with E-state index in [1.54, 1.807) is 0 Å². The average molecular weight is 224 g/mol. The molecule has 0 saturated carbocycles. The van der Waals surface area contributed by atoms with Crippen molar-refractivity contribution in [1.29, 1.82) is 0 Å². The zero-order valence-electron chi connectivity index (χ0n) is 12.1. The molecule has 0 unspecified atom stereocenters. The molecule has 0 heteroatoms. The van der Waals surface area contributed by atoms with Gasteiger partial charge in [0.1, 0.15) is 0 Å². The second-order valence-electron chi connectivity index (χ2n) is 5.82. The molecule has 0 fully saturated rings. The third-order valence-electron chi connectivity index (χ3n) is 3.41. The van der Waals surface area contributed by atoms with Crippen LogP contribution in [0.25, 0.3) is 0 Å². The van der Waals surface area contributed by atoms with Crippen LogP contribution >= 0.6 is 0 Å². The minimum Gasteiger partial charge on any atom is -0.0883 e. The average Bonchev–Trinajstić information content (AvgIpc) is 2.23. The standard InChI is InChI=1S/C16H32/c1-6-15(4)11-7-8-12-16(5)13-9-10-14(2)3/h7,11,14-16H,6,8-10,12-13H2,1-5H3/b11-7+/t15-,16+/m0/s1. The maximum Gasteiger partial charge on any atom is -0.0265 e. The van der Waals surface area contributed by atoms with E-state index in [2.05, 4.69) is 46.8 Å². The van der Waals surface area contributed by atoms with Crippen molar-refractivity contribution < 1.29 is 0 Å². The minimum absolute atomic E-state index is 0.760. The van der Waals surface area contributed by atoms with Crippen LogP contribution in [0.5, 0.6) is 0 Å². The largest absolute Gasteiger partial charge is 0.0883 e. The first-order valence-electron chi connectivity index (χ1n) is 7.22. The molecule has 0 aromatic rings. The van der Waals surface area contributed by atoms with Gasteiger partial charge in [0.15, 0.2) is 0 Å². The van der Waals surface area contributed by atoms with Gasteiger partial charge in [-0.3, -0.25) is 0 Å². The fraction of sp³-hybridized carbons (Fsp3) is 0.875. The summed E-state index contributed by atoms with van der Waals surface area (Å²) in [5.41, 5.74) is 0. The number of allylic oxidation sites excluding steroid dienone is 2. The van der Waals surface area contributed by atoms with Crippen molar-refractivity contribution >= 4 is 0 Å². The Labute approximate surface area is 104 Å². The highest BCUT2D eigenvalue weighted by Crippen LogP contribution is 2.17. The topological polar surface area (TPSA) is 0 Å². The summed E-state index contributed by atoms with van der Waals surface area (Å²) in [5, 5.41) is 0. The summed E-state index contributed by atoms with van der Waals surface area (Å²) in [6.07, 6.45) is 12.9. The van der Waals surface area contributed by atoms with Crippen molar-refractivity contribution in [3.05, 3.63) is 12.2 Å². The van der Waals surface area contributed by atoms with Gasteiger partial charge in [-0.2, -0.15) is 0 Å². The molecule has 0 radical (unpaired) electrons. The quantitative estimate of drug-likeness (QED) is 0.432. The van der Waals surface area contributed by atoms with E-state index in [0.717, 1.165) is 17.8 Å². The highest BCUT2D eigenvalue weighted by molar-refractivity contribution is 4.85. The molecule has 0 aliphatic rings. The van der Waals surface area contributed by atoms with Crippen LogP contribution in [0.2, 0.25) is 0 Å². The monoisotopic (exact) mass is 224 g/mol. The van der Waals surface area contributed by atoms with Gasteiger partial charge in [0.2, 0.25) is 0 Å². The van der Waals surface area contributed by atoms with Crippen LogP contribution in [0.3, 0.4) is 0 Å². The van der Waals surface area contributed by atoms with Crippen LogP contribution < -0.4 is 0 Å². The summed E-state index contributed by atoms with van der Waals surface area (Å²) in [5.74, 6) is 2.54. The molecule has 96 valence electrons. The Morgan fingerprint density at radius 1 is 0.938 bits per heavy atom. The van der Waals surface area contributed by atoms with E-state index < -0.39 is 0 Å². The van der Waals surface area contributed by atoms with Crippen molar-refractivity contribution in [2.75, 3.05) is 0 Å². The Kier molecular flexibility index (Phi) is 9.77. The van der Waals surface area contributed by atoms with Crippen LogP contribution in [0.4, 0.5) is 0 Å². The molecule has 0 amide bonds. The van der Waals surface area contributed by atoms with Gasteiger partial charge in [-0.05, 0) is 30.6 Å². The molecule has 0 bridgehead atoms. The Morgan fingerprint density at radius 2 is 1.62 bits per heavy atom. The minimum atomic E-state index is 0.760. The van der Waals surface area contributed by atoms with Crippen LogP contribution in [-0.4, -0.2) is 0 Å². The van der Waals surface area contributed by atoms with Gasteiger partial charge >= 0.3 is 0 Å². The van der Waals surface area contributed by atoms with E-state index in [4.69, 9.17) is 0 Å². The molecule has 16 heavy (non-hydrogen) atoms. The lowest BCUT2D eigenvalue weighted by Crippen LogP contribution is -1.96. The highest BCUT2D eigenvalue weighted by atomic mass is 14.1. The van der Waals surface area contributed by atoms with Gasteiger partial charge in [-0.25, -0.2) is 0 Å². The summed E-state index contributed by atoms with van der Waals surface area (Å²) in [6.45, 7) is 11.6. The lowest BCUT2D eigenvalue weighted by molar-refractivity contribution is 0.439. The summed E-state index contributed by atoms with van der Waals surface area (Å²) in [4.78, 5) is 0. The van der Waals surface area contributed by atoms with E-state index in [9.17, 15) is 0 Å². The van der Waals surface area contributed by atoms with Crippen LogP contribution in [-0.2, 0) is 0 Å². The molecule has 0 aromatic carbocycles. The normalized spacial score (nSPS) is 15.9. The van der Waals surface area contributed by atoms with Crippen molar-refractivity contribution in [1.82, 2.24) is 0 Å². The molecule has 0 spiro atoms. The fourth-order valence-electron chi connectivity index (χ4n) is 1.86. The van der Waals surface area contributed by atoms with Crippen molar-refractivity contribution in [3.63, 3.8) is 0 Å². The zero-order valence-corrected chi connectivity index (χ0v) is 12.1. The van der Waals surface area contributed by atoms with E-state index in [1.807, 2.05) is 0 Å². The fourth-order valence-corrected chi connectivity index (χ4v) is 1.86. The summed E-state index contributed by atoms with van der Waals surface area (Å²) >= 11 is 0. The Morgan fingerprint density at radius 3 is 2.19 bits per heavy atom. The molecule has 0 rings (SSSR count). The molecule has 0 saturated heterocycles. The first-order chi connectivity index (χ1) is 7.56. The lowest BCUT2D eigenvalue weighted by Gasteiger charge is -2.11. The van der Waals surface area contributed by atoms with E-state index in [1.165, 1.54) is 38.5 Å². The van der Waals surface area contributed by atoms with Gasteiger partial charge in [0.05, 0.1) is 0 Å². The second-order valence-corrected chi connectivity index (χ2v) is 5.82. The van der Waals surface area contributed by atoms with Gasteiger partial charge in [-0.1, -0.05) is 72.5 Å². The predicted molar refractivity (Wildman–Crippen MR) is 75.7 cm³/mol. The molecular weight excluding hydrogens is 192 g/mol. The Balaban J connectivity index is 3.43. The molecule has 0 aromatic heterocycles. The molecule has 2 atom stereocenters. The summed E-state index contributed by atoms with van der Waals surface area (Å²) in [7, 11) is 0. The van der Waals surface area contributed by atoms with Crippen molar-refractivity contribution in [3.8, 4) is 0 Å². The molecule has 0 N–H and O–H groups in total. The molecule has 0 nitrogen and oxygen atoms in total. The summed E-state index contributed by atoms with van der Waals surface area (Å²) < 4.78 is 0. The molecule has 0 heterocycles. The van der Waals surface area contributed by atoms with Gasteiger partial charge < -0.3 is 0 Å². The second kappa shape index (κ2) is 9.93. The molecule has 0 aliphatic heterocycles. The van der Waals surface area contributed by atoms with E-state index in [0.29, 0.717) is 0 Å². The number of hydrogen-bond donors (Lipinski definition) is 0. The highest BCUT2D eigenvalue weighted by Gasteiger charge is 2.02. The Hall–Kier alpha value is -0.260. The third kappa shape index (κ3) is 10.3. The molecule has 0 aliphatic carbocycles. The van der Waals surface area contributed by atoms with Crippen LogP contribution in [0, 0.1) is 17.8 Å². The van der Waals surface area contributed by atoms with Gasteiger partial charge in [0.25, 0.3) is 0 Å². The lowest BCUT2D eigenvalue weighted by atomic mass is 9.96. The zero-order chi connectivity index (χ0) is 12.4. The maximum atomic E-state index is 2.40. The van der Waals surface area contributed by atoms with E-state index >= 15 is 0 Å². The number of hydrogen-bond acceptors (Lipinski definition) is 0. The maximum absolute atomic E-state index is 2.40. The Bertz CT molecular complexity index is 167. The summed E-state index contributed by atoms with van der Waals surface area (Å²) in [6, 6.07) is 0. The smallest absolute Gasteiger partial charge is 0.0265 e. The van der Waals surface area contributed by atoms with Crippen LogP contribution in [0.15, 0.2) is 12.2 Å². The first-order valence-corrected chi connectivity index (χ1v) is 7.22. The molecular formula is C16H32. The van der Waals surface area contributed by atoms with Crippen molar-refractivity contribution in [2.24, 2.45) is 17.8 Å². The van der Waals surface area contributed by atoms with Crippen molar-refractivity contribution in [2.45, 2.75) is 73.1 Å². The van der Waals surface area contributed by atoms with E-state index in [-0.39, 0.29) is 0 Å². The van der Waals surface area contributed by atoms with Crippen LogP contribution in [0.1, 0.15) is 73.1 Å². The SMILES string of the molecule is CC[C@H](C)/C=C/CC[C@@H](C)CCCC(C)C. The third-order valence-corrected chi connectivity index (χ3v) is 3.41. The van der Waals surface area contributed by atoms with Gasteiger partial charge in [-0.15, -0.1) is 0 Å². The predicted octanol–water partition coefficient (Wildman–Crippen LogP) is 5.83.